The summed E-state index contributed by atoms with van der Waals surface area (Å²) in [6.45, 7) is -2.29. The lowest BCUT2D eigenvalue weighted by atomic mass is 10.1. The number of imidazole rings is 1. The summed E-state index contributed by atoms with van der Waals surface area (Å²) in [6, 6.07) is 27.2. The Morgan fingerprint density at radius 1 is 0.793 bits per heavy atom. The molecule has 3 aromatic carbocycles. The van der Waals surface area contributed by atoms with Gasteiger partial charge in [0, 0.05) is 26.3 Å². The molecular weight excluding hydrogens is 358 g/mol. The predicted octanol–water partition coefficient (Wildman–Crippen LogP) is 6.30. The zero-order chi connectivity index (χ0) is 21.9. The standard InChI is InChI=1S/C25H17N3O/c1-16-14-15-19-18-10-7-11-20(23(18)29-25(19)26-16)24-27-21-12-5-6-13-22(21)28(24)17-8-3-2-4-9-17/h2-15H,1H3/i1D3. The van der Waals surface area contributed by atoms with Gasteiger partial charge >= 0.3 is 0 Å². The number of nitrogens with zero attached hydrogens (tertiary/aromatic N) is 3. The van der Waals surface area contributed by atoms with E-state index in [1.54, 1.807) is 6.07 Å². The van der Waals surface area contributed by atoms with Crippen molar-refractivity contribution < 1.29 is 8.53 Å². The number of pyridine rings is 1. The Bertz CT molecular complexity index is 1610. The van der Waals surface area contributed by atoms with E-state index in [4.69, 9.17) is 13.5 Å². The zero-order valence-corrected chi connectivity index (χ0v) is 15.3. The maximum atomic E-state index is 7.66. The maximum Gasteiger partial charge on any atom is 0.227 e. The molecule has 0 aliphatic heterocycles. The molecule has 0 N–H and O–H groups in total. The molecule has 0 saturated carbocycles. The Morgan fingerprint density at radius 3 is 2.55 bits per heavy atom. The number of fused-ring (bicyclic) bond motifs is 4. The lowest BCUT2D eigenvalue weighted by Crippen LogP contribution is -1.97. The molecule has 29 heavy (non-hydrogen) atoms. The third-order valence-corrected chi connectivity index (χ3v) is 5.18. The van der Waals surface area contributed by atoms with Gasteiger partial charge in [-0.05, 0) is 49.3 Å². The van der Waals surface area contributed by atoms with Crippen molar-refractivity contribution in [3.8, 4) is 17.1 Å². The Labute approximate surface area is 171 Å². The normalized spacial score (nSPS) is 13.6. The van der Waals surface area contributed by atoms with E-state index in [9.17, 15) is 0 Å². The van der Waals surface area contributed by atoms with Gasteiger partial charge in [0.05, 0.1) is 16.6 Å². The average Bonchev–Trinajstić information content (AvgIpc) is 3.37. The first-order valence-corrected chi connectivity index (χ1v) is 9.37. The highest BCUT2D eigenvalue weighted by molar-refractivity contribution is 6.08. The predicted molar refractivity (Wildman–Crippen MR) is 116 cm³/mol. The second-order valence-corrected chi connectivity index (χ2v) is 6.93. The molecule has 0 fully saturated rings. The summed E-state index contributed by atoms with van der Waals surface area (Å²) in [7, 11) is 0. The Hall–Kier alpha value is -3.92. The highest BCUT2D eigenvalue weighted by atomic mass is 16.3. The van der Waals surface area contributed by atoms with E-state index in [1.807, 2.05) is 72.8 Å². The van der Waals surface area contributed by atoms with Crippen LogP contribution in [0.15, 0.2) is 89.3 Å². The van der Waals surface area contributed by atoms with E-state index < -0.39 is 6.85 Å². The van der Waals surface area contributed by atoms with Crippen molar-refractivity contribution in [2.45, 2.75) is 6.85 Å². The summed E-state index contributed by atoms with van der Waals surface area (Å²) in [5, 5.41) is 1.64. The van der Waals surface area contributed by atoms with Crippen LogP contribution in [0.25, 0.3) is 50.2 Å². The minimum Gasteiger partial charge on any atom is -0.437 e. The molecule has 0 aliphatic rings. The van der Waals surface area contributed by atoms with Gasteiger partial charge in [0.15, 0.2) is 0 Å². The van der Waals surface area contributed by atoms with Crippen LogP contribution in [0.2, 0.25) is 0 Å². The minimum absolute atomic E-state index is 0.0159. The van der Waals surface area contributed by atoms with E-state index in [0.29, 0.717) is 11.3 Å². The van der Waals surface area contributed by atoms with E-state index in [-0.39, 0.29) is 5.69 Å². The van der Waals surface area contributed by atoms with E-state index >= 15 is 0 Å². The first kappa shape index (κ1) is 13.3. The van der Waals surface area contributed by atoms with Gasteiger partial charge < -0.3 is 4.42 Å². The van der Waals surface area contributed by atoms with Gasteiger partial charge in [0.25, 0.3) is 0 Å². The molecule has 0 saturated heterocycles. The molecule has 0 atom stereocenters. The summed E-state index contributed by atoms with van der Waals surface area (Å²) >= 11 is 0. The number of hydrogen-bond acceptors (Lipinski definition) is 3. The quantitative estimate of drug-likeness (QED) is 0.355. The van der Waals surface area contributed by atoms with Crippen molar-refractivity contribution >= 4 is 33.1 Å². The molecule has 6 rings (SSSR count). The molecule has 3 heterocycles. The fourth-order valence-electron chi connectivity index (χ4n) is 3.90. The van der Waals surface area contributed by atoms with Crippen LogP contribution in [0.3, 0.4) is 0 Å². The monoisotopic (exact) mass is 378 g/mol. The van der Waals surface area contributed by atoms with Crippen molar-refractivity contribution in [3.05, 3.63) is 90.6 Å². The SMILES string of the molecule is [2H]C([2H])([2H])c1ccc2c(n1)oc1c(-c3nc4ccccc4n3-c3ccccc3)cccc12. The van der Waals surface area contributed by atoms with Crippen molar-refractivity contribution in [2.75, 3.05) is 0 Å². The number of rotatable bonds is 2. The van der Waals surface area contributed by atoms with Gasteiger partial charge in [-0.3, -0.25) is 4.57 Å². The number of para-hydroxylation sites is 4. The van der Waals surface area contributed by atoms with Crippen LogP contribution in [0.4, 0.5) is 0 Å². The summed E-state index contributed by atoms with van der Waals surface area (Å²) in [5.74, 6) is 0.748. The van der Waals surface area contributed by atoms with Crippen molar-refractivity contribution in [3.63, 3.8) is 0 Å². The lowest BCUT2D eigenvalue weighted by molar-refractivity contribution is 0.653. The number of furan rings is 1. The van der Waals surface area contributed by atoms with Gasteiger partial charge in [0.1, 0.15) is 11.4 Å². The molecule has 0 spiro atoms. The second kappa shape index (κ2) is 6.04. The molecule has 138 valence electrons. The second-order valence-electron chi connectivity index (χ2n) is 6.93. The van der Waals surface area contributed by atoms with Gasteiger partial charge in [0.2, 0.25) is 5.71 Å². The third-order valence-electron chi connectivity index (χ3n) is 5.18. The van der Waals surface area contributed by atoms with Crippen LogP contribution in [0.5, 0.6) is 0 Å². The van der Waals surface area contributed by atoms with Crippen LogP contribution in [0, 0.1) is 6.85 Å². The molecule has 4 nitrogen and oxygen atoms in total. The van der Waals surface area contributed by atoms with E-state index in [1.165, 1.54) is 6.07 Å². The van der Waals surface area contributed by atoms with Crippen LogP contribution in [0.1, 0.15) is 9.81 Å². The molecule has 0 bridgehead atoms. The Balaban J connectivity index is 1.67. The molecule has 0 radical (unpaired) electrons. The smallest absolute Gasteiger partial charge is 0.227 e. The fraction of sp³-hybridized carbons (Fsp3) is 0.0400. The summed E-state index contributed by atoms with van der Waals surface area (Å²) < 4.78 is 31.2. The summed E-state index contributed by atoms with van der Waals surface area (Å²) in [5.41, 5.74) is 4.63. The number of benzene rings is 3. The zero-order valence-electron chi connectivity index (χ0n) is 18.3. The van der Waals surface area contributed by atoms with Gasteiger partial charge in [-0.25, -0.2) is 9.97 Å². The molecular formula is C25H17N3O. The van der Waals surface area contributed by atoms with E-state index in [2.05, 4.69) is 9.55 Å². The maximum absolute atomic E-state index is 7.66. The fourth-order valence-corrected chi connectivity index (χ4v) is 3.90. The number of aryl methyl sites for hydroxylation is 1. The molecule has 6 aromatic rings. The highest BCUT2D eigenvalue weighted by Gasteiger charge is 2.19. The van der Waals surface area contributed by atoms with Gasteiger partial charge in [-0.2, -0.15) is 0 Å². The first-order chi connectivity index (χ1) is 15.5. The minimum atomic E-state index is -2.29. The molecule has 0 unspecified atom stereocenters. The Kier molecular flexibility index (Phi) is 2.77. The molecule has 4 heteroatoms. The van der Waals surface area contributed by atoms with Gasteiger partial charge in [-0.1, -0.05) is 42.5 Å². The third kappa shape index (κ3) is 2.39. The average molecular weight is 378 g/mol. The first-order valence-electron chi connectivity index (χ1n) is 10.9. The topological polar surface area (TPSA) is 43.9 Å². The van der Waals surface area contributed by atoms with Crippen LogP contribution in [-0.4, -0.2) is 14.5 Å². The van der Waals surface area contributed by atoms with E-state index in [0.717, 1.165) is 38.9 Å². The molecule has 0 amide bonds. The molecule has 3 aromatic heterocycles. The molecule has 0 aliphatic carbocycles. The van der Waals surface area contributed by atoms with Gasteiger partial charge in [-0.15, -0.1) is 0 Å². The van der Waals surface area contributed by atoms with Crippen LogP contribution >= 0.6 is 0 Å². The van der Waals surface area contributed by atoms with Crippen LogP contribution in [-0.2, 0) is 0 Å². The summed E-state index contributed by atoms with van der Waals surface area (Å²) in [4.78, 5) is 9.21. The Morgan fingerprint density at radius 2 is 1.66 bits per heavy atom. The van der Waals surface area contributed by atoms with Crippen molar-refractivity contribution in [1.29, 1.82) is 0 Å². The van der Waals surface area contributed by atoms with Crippen LogP contribution < -0.4 is 0 Å². The highest BCUT2D eigenvalue weighted by Crippen LogP contribution is 2.37. The number of aromatic nitrogens is 3. The van der Waals surface area contributed by atoms with Crippen molar-refractivity contribution in [2.24, 2.45) is 0 Å². The number of hydrogen-bond donors (Lipinski definition) is 0. The largest absolute Gasteiger partial charge is 0.437 e. The lowest BCUT2D eigenvalue weighted by Gasteiger charge is -2.09. The summed E-state index contributed by atoms with van der Waals surface area (Å²) in [6.07, 6.45) is 0. The van der Waals surface area contributed by atoms with Crippen molar-refractivity contribution in [1.82, 2.24) is 14.5 Å².